The second-order valence-corrected chi connectivity index (χ2v) is 33.1. The van der Waals surface area contributed by atoms with Crippen molar-refractivity contribution in [2.45, 2.75) is 209 Å². The maximum absolute atomic E-state index is 10.7. The van der Waals surface area contributed by atoms with Gasteiger partial charge in [-0.2, -0.15) is 5.26 Å². The third-order valence-electron chi connectivity index (χ3n) is 17.5. The smallest absolute Gasteiger partial charge is 0.166 e. The Bertz CT molecular complexity index is 4190. The summed E-state index contributed by atoms with van der Waals surface area (Å²) in [4.78, 5) is 33.3. The molecule has 0 spiro atoms. The lowest BCUT2D eigenvalue weighted by molar-refractivity contribution is 0.549. The van der Waals surface area contributed by atoms with Gasteiger partial charge in [0.1, 0.15) is 0 Å². The maximum Gasteiger partial charge on any atom is 0.166 e. The average molecular weight is 1180 g/mol. The van der Waals surface area contributed by atoms with Crippen LogP contribution >= 0.6 is 0 Å². The Hall–Kier alpha value is -8.15. The number of rotatable bonds is 7. The third-order valence-corrected chi connectivity index (χ3v) is 17.5. The molecule has 8 heteroatoms. The number of aromatic nitrogens is 7. The molecule has 8 nitrogen and oxygen atoms in total. The van der Waals surface area contributed by atoms with E-state index in [1.807, 2.05) is 18.2 Å². The van der Waals surface area contributed by atoms with Gasteiger partial charge < -0.3 is 4.57 Å². The zero-order valence-corrected chi connectivity index (χ0v) is 57.8. The van der Waals surface area contributed by atoms with Gasteiger partial charge in [0.05, 0.1) is 28.4 Å². The highest BCUT2D eigenvalue weighted by Gasteiger charge is 2.35. The molecule has 3 aromatic heterocycles. The first kappa shape index (κ1) is 63.9. The number of hydrogen-bond acceptors (Lipinski definition) is 7. The van der Waals surface area contributed by atoms with Gasteiger partial charge >= 0.3 is 0 Å². The molecule has 0 amide bonds. The van der Waals surface area contributed by atoms with Crippen molar-refractivity contribution >= 4 is 21.8 Å². The summed E-state index contributed by atoms with van der Waals surface area (Å²) in [6.45, 7) is 54.9. The number of nitriles is 1. The summed E-state index contributed by atoms with van der Waals surface area (Å²) in [5, 5.41) is 12.7. The van der Waals surface area contributed by atoms with E-state index in [4.69, 9.17) is 29.9 Å². The molecule has 0 saturated carbocycles. The van der Waals surface area contributed by atoms with Crippen LogP contribution in [-0.4, -0.2) is 34.5 Å². The molecule has 0 saturated heterocycles. The van der Waals surface area contributed by atoms with Crippen LogP contribution in [0.15, 0.2) is 133 Å². The van der Waals surface area contributed by atoms with E-state index in [9.17, 15) is 5.26 Å². The summed E-state index contributed by atoms with van der Waals surface area (Å²) in [6.07, 6.45) is 0. The van der Waals surface area contributed by atoms with E-state index >= 15 is 0 Å². The predicted octanol–water partition coefficient (Wildman–Crippen LogP) is 21.4. The van der Waals surface area contributed by atoms with Crippen molar-refractivity contribution in [2.24, 2.45) is 0 Å². The minimum atomic E-state index is -0.269. The van der Waals surface area contributed by atoms with Crippen LogP contribution in [0.5, 0.6) is 0 Å². The molecule has 7 aromatic carbocycles. The SMILES string of the molecule is CC(C)(C)c1cccc(-c2nc(-c3cccc(C(C)(C)C)c3)nc(-c3cc(C#N)ccc3-n3c4ccccc4c4cc(-c5nc(-c6c(C(C)(C)C)cc(C(C)(C)C)cc6C(C)(C)C)nc(-c6c(C(C)(C)C)cc(C(C)(C)C)cc6C(C)(C)C)n5)ccc43)n2)c1. The molecule has 458 valence electrons. The number of fused-ring (bicyclic) bond motifs is 3. The van der Waals surface area contributed by atoms with Gasteiger partial charge in [0.15, 0.2) is 34.9 Å². The lowest BCUT2D eigenvalue weighted by Crippen LogP contribution is -2.24. The van der Waals surface area contributed by atoms with E-state index in [0.29, 0.717) is 46.1 Å². The van der Waals surface area contributed by atoms with Crippen molar-refractivity contribution in [3.05, 3.63) is 184 Å². The molecule has 0 unspecified atom stereocenters. The Morgan fingerprint density at radius 3 is 1.08 bits per heavy atom. The van der Waals surface area contributed by atoms with Gasteiger partial charge in [-0.25, -0.2) is 29.9 Å². The summed E-state index contributed by atoms with van der Waals surface area (Å²) in [6, 6.07) is 50.2. The molecule has 0 aliphatic carbocycles. The Kier molecular flexibility index (Phi) is 15.9. The molecular weight excluding hydrogens is 1080 g/mol. The highest BCUT2D eigenvalue weighted by atomic mass is 15.1. The Morgan fingerprint density at radius 1 is 0.303 bits per heavy atom. The average Bonchev–Trinajstić information content (AvgIpc) is 1.87. The highest BCUT2D eigenvalue weighted by Crippen LogP contribution is 2.47. The molecule has 0 N–H and O–H groups in total. The Balaban J connectivity index is 1.28. The molecule has 0 aliphatic heterocycles. The second kappa shape index (κ2) is 22.1. The minimum Gasteiger partial charge on any atom is -0.308 e. The van der Waals surface area contributed by atoms with E-state index in [-0.39, 0.29) is 43.3 Å². The van der Waals surface area contributed by atoms with Crippen LogP contribution in [0, 0.1) is 11.3 Å². The Labute approximate surface area is 531 Å². The van der Waals surface area contributed by atoms with Crippen molar-refractivity contribution in [1.29, 1.82) is 5.26 Å². The first-order valence-corrected chi connectivity index (χ1v) is 31.8. The molecule has 89 heavy (non-hydrogen) atoms. The number of para-hydroxylation sites is 1. The second-order valence-electron chi connectivity index (χ2n) is 33.1. The lowest BCUT2D eigenvalue weighted by Gasteiger charge is -2.34. The fraction of sp³-hybridized carbons (Fsp3) is 0.395. The zero-order chi connectivity index (χ0) is 65.1. The monoisotopic (exact) mass is 1180 g/mol. The van der Waals surface area contributed by atoms with Gasteiger partial charge in [0.25, 0.3) is 0 Å². The van der Waals surface area contributed by atoms with Crippen LogP contribution in [0.4, 0.5) is 0 Å². The van der Waals surface area contributed by atoms with Gasteiger partial charge in [-0.15, -0.1) is 0 Å². The van der Waals surface area contributed by atoms with Crippen LogP contribution in [0.25, 0.3) is 95.8 Å². The van der Waals surface area contributed by atoms with Crippen LogP contribution in [-0.2, 0) is 43.3 Å². The molecule has 0 radical (unpaired) electrons. The molecule has 0 atom stereocenters. The van der Waals surface area contributed by atoms with Crippen molar-refractivity contribution in [3.8, 4) is 80.1 Å². The largest absolute Gasteiger partial charge is 0.308 e. The van der Waals surface area contributed by atoms with Crippen molar-refractivity contribution < 1.29 is 0 Å². The Morgan fingerprint density at radius 2 is 0.674 bits per heavy atom. The normalized spacial score (nSPS) is 13.2. The first-order chi connectivity index (χ1) is 41.1. The molecule has 0 bridgehead atoms. The van der Waals surface area contributed by atoms with E-state index in [0.717, 1.165) is 55.3 Å². The summed E-state index contributed by atoms with van der Waals surface area (Å²) >= 11 is 0. The number of benzene rings is 7. The zero-order valence-electron chi connectivity index (χ0n) is 57.8. The van der Waals surface area contributed by atoms with Crippen LogP contribution in [0.3, 0.4) is 0 Å². The van der Waals surface area contributed by atoms with Crippen LogP contribution in [0.2, 0.25) is 0 Å². The van der Waals surface area contributed by atoms with E-state index in [1.54, 1.807) is 0 Å². The third kappa shape index (κ3) is 12.7. The standard InChI is InChI=1S/C81H94N8/c1-74(2,3)52-31-27-29-49(40-52)68-83-69(50-30-28-32-53(41-50)75(4,5)6)85-71(84-68)58-39-48(47-82)35-37-65(58)89-63-34-26-25-33-56(63)57-42-51(36-38-64(57)89)70-86-72(66-59(78(13,14)15)43-54(76(7,8)9)44-60(66)79(16,17)18)88-73(87-70)67-61(80(19,20)21)45-55(77(10,11)12)46-62(67)81(22,23)24/h25-46H,1-24H3. The minimum absolute atomic E-state index is 0.104. The molecule has 10 aromatic rings. The fourth-order valence-electron chi connectivity index (χ4n) is 12.1. The first-order valence-electron chi connectivity index (χ1n) is 31.8. The van der Waals surface area contributed by atoms with Crippen molar-refractivity contribution in [3.63, 3.8) is 0 Å². The molecule has 10 rings (SSSR count). The number of nitrogens with zero attached hydrogens (tertiary/aromatic N) is 8. The van der Waals surface area contributed by atoms with Gasteiger partial charge in [0, 0.05) is 44.2 Å². The maximum atomic E-state index is 10.7. The molecular formula is C81H94N8. The van der Waals surface area contributed by atoms with E-state index in [1.165, 1.54) is 44.5 Å². The summed E-state index contributed by atoms with van der Waals surface area (Å²) in [7, 11) is 0. The predicted molar refractivity (Wildman–Crippen MR) is 374 cm³/mol. The van der Waals surface area contributed by atoms with E-state index < -0.39 is 0 Å². The van der Waals surface area contributed by atoms with Crippen LogP contribution < -0.4 is 0 Å². The summed E-state index contributed by atoms with van der Waals surface area (Å²) in [5.41, 5.74) is 17.0. The van der Waals surface area contributed by atoms with Gasteiger partial charge in [0.2, 0.25) is 0 Å². The van der Waals surface area contributed by atoms with Crippen molar-refractivity contribution in [2.75, 3.05) is 0 Å². The van der Waals surface area contributed by atoms with E-state index in [2.05, 4.69) is 292 Å². The lowest BCUT2D eigenvalue weighted by atomic mass is 9.71. The number of hydrogen-bond donors (Lipinski definition) is 0. The quantitative estimate of drug-likeness (QED) is 0.156. The molecule has 0 fully saturated rings. The molecule has 3 heterocycles. The summed E-state index contributed by atoms with van der Waals surface area (Å²) < 4.78 is 2.29. The topological polar surface area (TPSA) is 106 Å². The van der Waals surface area contributed by atoms with Gasteiger partial charge in [-0.05, 0) is 142 Å². The van der Waals surface area contributed by atoms with Gasteiger partial charge in [-0.1, -0.05) is 245 Å². The van der Waals surface area contributed by atoms with Crippen LogP contribution in [0.1, 0.15) is 216 Å². The highest BCUT2D eigenvalue weighted by molar-refractivity contribution is 6.11. The fourth-order valence-corrected chi connectivity index (χ4v) is 12.1. The summed E-state index contributed by atoms with van der Waals surface area (Å²) in [5.74, 6) is 3.49. The van der Waals surface area contributed by atoms with Crippen molar-refractivity contribution in [1.82, 2.24) is 34.5 Å². The van der Waals surface area contributed by atoms with Gasteiger partial charge in [-0.3, -0.25) is 0 Å². The molecule has 0 aliphatic rings.